The fourth-order valence-corrected chi connectivity index (χ4v) is 4.46. The average molecular weight is 372 g/mol. The van der Waals surface area contributed by atoms with Crippen LogP contribution >= 0.6 is 23.2 Å². The van der Waals surface area contributed by atoms with Crippen molar-refractivity contribution < 1.29 is 4.74 Å². The van der Waals surface area contributed by atoms with Crippen molar-refractivity contribution in [3.8, 4) is 5.75 Å². The van der Waals surface area contributed by atoms with Crippen LogP contribution in [0.15, 0.2) is 61.2 Å². The van der Waals surface area contributed by atoms with E-state index in [0.29, 0.717) is 17.5 Å². The highest BCUT2D eigenvalue weighted by atomic mass is 35.5. The number of halogens is 2. The SMILES string of the molecule is C=CCOc1ccccc1[C@H]1Nc2c(Cl)ccc(Cl)c2[C@@H]2C=CC[C@@H]12. The Balaban J connectivity index is 1.80. The van der Waals surface area contributed by atoms with Crippen molar-refractivity contribution in [2.24, 2.45) is 5.92 Å². The van der Waals surface area contributed by atoms with Crippen LogP contribution in [0, 0.1) is 5.92 Å². The molecule has 2 nitrogen and oxygen atoms in total. The Labute approximate surface area is 158 Å². The molecule has 128 valence electrons. The van der Waals surface area contributed by atoms with E-state index >= 15 is 0 Å². The molecule has 0 aromatic heterocycles. The van der Waals surface area contributed by atoms with Gasteiger partial charge in [-0.25, -0.2) is 0 Å². The molecule has 3 atom stereocenters. The molecule has 2 aromatic rings. The molecule has 0 amide bonds. The summed E-state index contributed by atoms with van der Waals surface area (Å²) in [4.78, 5) is 0. The topological polar surface area (TPSA) is 21.3 Å². The lowest BCUT2D eigenvalue weighted by molar-refractivity contribution is 0.346. The second-order valence-corrected chi connectivity index (χ2v) is 7.25. The zero-order chi connectivity index (χ0) is 17.4. The van der Waals surface area contributed by atoms with Gasteiger partial charge in [0.15, 0.2) is 0 Å². The second kappa shape index (κ2) is 6.78. The van der Waals surface area contributed by atoms with Gasteiger partial charge in [0, 0.05) is 22.1 Å². The van der Waals surface area contributed by atoms with Gasteiger partial charge in [-0.2, -0.15) is 0 Å². The van der Waals surface area contributed by atoms with Crippen molar-refractivity contribution in [3.05, 3.63) is 82.4 Å². The van der Waals surface area contributed by atoms with Crippen LogP contribution in [-0.2, 0) is 0 Å². The van der Waals surface area contributed by atoms with Crippen molar-refractivity contribution in [3.63, 3.8) is 0 Å². The zero-order valence-electron chi connectivity index (χ0n) is 13.7. The number of allylic oxidation sites excluding steroid dienone is 2. The van der Waals surface area contributed by atoms with Crippen LogP contribution < -0.4 is 10.1 Å². The Morgan fingerprint density at radius 3 is 2.80 bits per heavy atom. The molecule has 1 aliphatic carbocycles. The van der Waals surface area contributed by atoms with Crippen LogP contribution in [-0.4, -0.2) is 6.61 Å². The summed E-state index contributed by atoms with van der Waals surface area (Å²) in [5.41, 5.74) is 3.18. The smallest absolute Gasteiger partial charge is 0.125 e. The van der Waals surface area contributed by atoms with Crippen LogP contribution in [0.5, 0.6) is 5.75 Å². The summed E-state index contributed by atoms with van der Waals surface area (Å²) in [5, 5.41) is 5.12. The molecule has 0 fully saturated rings. The summed E-state index contributed by atoms with van der Waals surface area (Å²) in [6.07, 6.45) is 7.26. The van der Waals surface area contributed by atoms with Crippen molar-refractivity contribution >= 4 is 28.9 Å². The molecule has 0 bridgehead atoms. The predicted molar refractivity (Wildman–Crippen MR) is 105 cm³/mol. The minimum absolute atomic E-state index is 0.115. The van der Waals surface area contributed by atoms with Gasteiger partial charge in [0.05, 0.1) is 16.8 Å². The summed E-state index contributed by atoms with van der Waals surface area (Å²) < 4.78 is 5.89. The van der Waals surface area contributed by atoms with Crippen LogP contribution in [0.25, 0.3) is 0 Å². The van der Waals surface area contributed by atoms with E-state index in [9.17, 15) is 0 Å². The van der Waals surface area contributed by atoms with Gasteiger partial charge >= 0.3 is 0 Å². The quantitative estimate of drug-likeness (QED) is 0.629. The van der Waals surface area contributed by atoms with Gasteiger partial charge in [0.2, 0.25) is 0 Å². The highest BCUT2D eigenvalue weighted by Gasteiger charge is 2.40. The van der Waals surface area contributed by atoms with E-state index in [4.69, 9.17) is 27.9 Å². The van der Waals surface area contributed by atoms with Gasteiger partial charge in [-0.05, 0) is 30.5 Å². The first kappa shape index (κ1) is 16.6. The molecule has 0 radical (unpaired) electrons. The third-order valence-corrected chi connectivity index (χ3v) is 5.67. The van der Waals surface area contributed by atoms with E-state index in [0.717, 1.165) is 34.0 Å². The molecular weight excluding hydrogens is 353 g/mol. The molecule has 1 aliphatic heterocycles. The fourth-order valence-electron chi connectivity index (χ4n) is 3.95. The molecule has 4 rings (SSSR count). The van der Waals surface area contributed by atoms with Gasteiger partial charge in [0.25, 0.3) is 0 Å². The number of benzene rings is 2. The Bertz CT molecular complexity index is 846. The van der Waals surface area contributed by atoms with Crippen LogP contribution in [0.4, 0.5) is 5.69 Å². The zero-order valence-corrected chi connectivity index (χ0v) is 15.2. The number of hydrogen-bond acceptors (Lipinski definition) is 2. The van der Waals surface area contributed by atoms with Crippen LogP contribution in [0.1, 0.15) is 29.5 Å². The van der Waals surface area contributed by atoms with E-state index in [2.05, 4.69) is 30.1 Å². The van der Waals surface area contributed by atoms with Crippen molar-refractivity contribution in [1.29, 1.82) is 0 Å². The molecule has 25 heavy (non-hydrogen) atoms. The average Bonchev–Trinajstić information content (AvgIpc) is 3.12. The Morgan fingerprint density at radius 2 is 1.96 bits per heavy atom. The van der Waals surface area contributed by atoms with E-state index in [-0.39, 0.29) is 12.0 Å². The van der Waals surface area contributed by atoms with Crippen molar-refractivity contribution in [2.45, 2.75) is 18.4 Å². The van der Waals surface area contributed by atoms with E-state index in [1.807, 2.05) is 30.3 Å². The first-order valence-electron chi connectivity index (χ1n) is 8.44. The highest BCUT2D eigenvalue weighted by Crippen LogP contribution is 2.54. The van der Waals surface area contributed by atoms with Crippen molar-refractivity contribution in [2.75, 3.05) is 11.9 Å². The standard InChI is InChI=1S/C21H19Cl2NO/c1-2-12-25-18-9-4-3-6-15(18)20-14-8-5-7-13(14)19-16(22)10-11-17(23)21(19)24-20/h2-7,9-11,13-14,20,24H,1,8,12H2/t13-,14-,20+/m1/s1. The minimum Gasteiger partial charge on any atom is -0.489 e. The molecular formula is C21H19Cl2NO. The first-order chi connectivity index (χ1) is 12.2. The van der Waals surface area contributed by atoms with Gasteiger partial charge in [-0.15, -0.1) is 0 Å². The molecule has 0 saturated heterocycles. The maximum atomic E-state index is 6.51. The number of rotatable bonds is 4. The number of nitrogens with one attached hydrogen (secondary N) is 1. The second-order valence-electron chi connectivity index (χ2n) is 6.43. The largest absolute Gasteiger partial charge is 0.489 e. The Morgan fingerprint density at radius 1 is 1.16 bits per heavy atom. The van der Waals surface area contributed by atoms with Crippen molar-refractivity contribution in [1.82, 2.24) is 0 Å². The summed E-state index contributed by atoms with van der Waals surface area (Å²) in [5.74, 6) is 1.53. The van der Waals surface area contributed by atoms with E-state index < -0.39 is 0 Å². The highest BCUT2D eigenvalue weighted by molar-refractivity contribution is 6.36. The lowest BCUT2D eigenvalue weighted by Crippen LogP contribution is -2.30. The Kier molecular flexibility index (Phi) is 4.49. The normalized spacial score (nSPS) is 23.5. The van der Waals surface area contributed by atoms with Crippen LogP contribution in [0.3, 0.4) is 0 Å². The number of anilines is 1. The fraction of sp³-hybridized carbons (Fsp3) is 0.238. The summed E-state index contributed by atoms with van der Waals surface area (Å²) in [6.45, 7) is 4.22. The van der Waals surface area contributed by atoms with E-state index in [1.165, 1.54) is 0 Å². The van der Waals surface area contributed by atoms with Gasteiger partial charge < -0.3 is 10.1 Å². The molecule has 4 heteroatoms. The maximum absolute atomic E-state index is 6.51. The van der Waals surface area contributed by atoms with Gasteiger partial charge in [-0.1, -0.05) is 66.2 Å². The molecule has 0 spiro atoms. The molecule has 2 aliphatic rings. The molecule has 0 saturated carbocycles. The molecule has 1 N–H and O–H groups in total. The summed E-state index contributed by atoms with van der Waals surface area (Å²) >= 11 is 13.0. The number of ether oxygens (including phenoxy) is 1. The summed E-state index contributed by atoms with van der Waals surface area (Å²) in [6, 6.07) is 12.0. The predicted octanol–water partition coefficient (Wildman–Crippen LogP) is 6.38. The molecule has 2 aromatic carbocycles. The first-order valence-corrected chi connectivity index (χ1v) is 9.20. The van der Waals surface area contributed by atoms with E-state index in [1.54, 1.807) is 6.08 Å². The van der Waals surface area contributed by atoms with Gasteiger partial charge in [0.1, 0.15) is 12.4 Å². The minimum atomic E-state index is 0.115. The van der Waals surface area contributed by atoms with Crippen LogP contribution in [0.2, 0.25) is 10.0 Å². The number of hydrogen-bond donors (Lipinski definition) is 1. The monoisotopic (exact) mass is 371 g/mol. The molecule has 1 heterocycles. The third kappa shape index (κ3) is 2.84. The maximum Gasteiger partial charge on any atom is 0.125 e. The molecule has 0 unspecified atom stereocenters. The third-order valence-electron chi connectivity index (χ3n) is 5.03. The lowest BCUT2D eigenvalue weighted by Gasteiger charge is -2.38. The Hall–Kier alpha value is -1.90. The lowest BCUT2D eigenvalue weighted by atomic mass is 9.77. The number of fused-ring (bicyclic) bond motifs is 3. The van der Waals surface area contributed by atoms with Gasteiger partial charge in [-0.3, -0.25) is 0 Å². The summed E-state index contributed by atoms with van der Waals surface area (Å²) in [7, 11) is 0. The number of para-hydroxylation sites is 1.